The maximum absolute atomic E-state index is 8.49. The fraction of sp³-hybridized carbons (Fsp3) is 0.714. The van der Waals surface area contributed by atoms with Crippen molar-refractivity contribution >= 4 is 5.71 Å². The molecule has 0 aromatic carbocycles. The third kappa shape index (κ3) is 2.56. The predicted molar refractivity (Wildman–Crippen MR) is 40.5 cm³/mol. The monoisotopic (exact) mass is 156 g/mol. The number of nitrogens with zero attached hydrogens (tertiary/aromatic N) is 2. The average Bonchev–Trinajstić information content (AvgIpc) is 1.89. The zero-order chi connectivity index (χ0) is 8.91. The Morgan fingerprint density at radius 2 is 2.27 bits per heavy atom. The Kier molecular flexibility index (Phi) is 3.55. The van der Waals surface area contributed by atoms with Crippen LogP contribution in [0, 0.1) is 16.7 Å². The zero-order valence-electron chi connectivity index (χ0n) is 6.96. The quantitative estimate of drug-likeness (QED) is 0.377. The van der Waals surface area contributed by atoms with Gasteiger partial charge in [-0.25, -0.2) is 0 Å². The Hall–Kier alpha value is -1.08. The molecule has 1 N–H and O–H groups in total. The van der Waals surface area contributed by atoms with E-state index in [2.05, 4.69) is 5.16 Å². The summed E-state index contributed by atoms with van der Waals surface area (Å²) in [4.78, 5) is 0. The first-order valence-corrected chi connectivity index (χ1v) is 3.20. The molecule has 0 saturated carbocycles. The standard InChI is InChI=1S/C7H12N2O2/c1-7(2,5-11-3)6(4-8)9-10/h10H,5H2,1-3H3/b9-6-. The highest BCUT2D eigenvalue weighted by Crippen LogP contribution is 2.17. The van der Waals surface area contributed by atoms with Gasteiger partial charge in [-0.3, -0.25) is 0 Å². The number of methoxy groups -OCH3 is 1. The Morgan fingerprint density at radius 3 is 2.55 bits per heavy atom. The fourth-order valence-electron chi connectivity index (χ4n) is 0.738. The lowest BCUT2D eigenvalue weighted by Crippen LogP contribution is -2.28. The summed E-state index contributed by atoms with van der Waals surface area (Å²) in [5.74, 6) is 0. The van der Waals surface area contributed by atoms with Crippen molar-refractivity contribution in [1.29, 1.82) is 5.26 Å². The maximum atomic E-state index is 8.49. The lowest BCUT2D eigenvalue weighted by Gasteiger charge is -2.19. The molecule has 62 valence electrons. The number of ether oxygens (including phenoxy) is 1. The summed E-state index contributed by atoms with van der Waals surface area (Å²) < 4.78 is 4.85. The average molecular weight is 156 g/mol. The van der Waals surface area contributed by atoms with E-state index in [1.807, 2.05) is 0 Å². The van der Waals surface area contributed by atoms with Crippen LogP contribution in [-0.2, 0) is 4.74 Å². The van der Waals surface area contributed by atoms with Crippen molar-refractivity contribution < 1.29 is 9.94 Å². The maximum Gasteiger partial charge on any atom is 0.164 e. The number of rotatable bonds is 3. The van der Waals surface area contributed by atoms with E-state index in [9.17, 15) is 0 Å². The second kappa shape index (κ2) is 3.94. The molecule has 0 bridgehead atoms. The van der Waals surface area contributed by atoms with Crippen molar-refractivity contribution in [2.24, 2.45) is 10.6 Å². The van der Waals surface area contributed by atoms with Gasteiger partial charge in [-0.05, 0) is 0 Å². The summed E-state index contributed by atoms with van der Waals surface area (Å²) in [5, 5.41) is 19.8. The summed E-state index contributed by atoms with van der Waals surface area (Å²) >= 11 is 0. The molecule has 0 rings (SSSR count). The highest BCUT2D eigenvalue weighted by molar-refractivity contribution is 6.02. The summed E-state index contributed by atoms with van der Waals surface area (Å²) in [5.41, 5.74) is -0.433. The van der Waals surface area contributed by atoms with Crippen LogP contribution in [0.2, 0.25) is 0 Å². The van der Waals surface area contributed by atoms with E-state index in [0.29, 0.717) is 6.61 Å². The topological polar surface area (TPSA) is 65.6 Å². The zero-order valence-corrected chi connectivity index (χ0v) is 6.96. The lowest BCUT2D eigenvalue weighted by molar-refractivity contribution is 0.140. The molecular formula is C7H12N2O2. The van der Waals surface area contributed by atoms with Crippen molar-refractivity contribution in [2.75, 3.05) is 13.7 Å². The third-order valence-electron chi connectivity index (χ3n) is 1.35. The Morgan fingerprint density at radius 1 is 1.73 bits per heavy atom. The lowest BCUT2D eigenvalue weighted by atomic mass is 9.89. The molecule has 4 heteroatoms. The molecule has 0 fully saturated rings. The van der Waals surface area contributed by atoms with Gasteiger partial charge in [-0.1, -0.05) is 19.0 Å². The largest absolute Gasteiger partial charge is 0.410 e. The molecule has 0 aliphatic rings. The Labute approximate surface area is 66.1 Å². The summed E-state index contributed by atoms with van der Waals surface area (Å²) in [6.45, 7) is 3.91. The van der Waals surface area contributed by atoms with Crippen LogP contribution < -0.4 is 0 Å². The molecule has 11 heavy (non-hydrogen) atoms. The van der Waals surface area contributed by atoms with Gasteiger partial charge in [0.2, 0.25) is 0 Å². The molecule has 0 amide bonds. The normalized spacial score (nSPS) is 12.7. The minimum atomic E-state index is -0.516. The first kappa shape index (κ1) is 9.92. The first-order chi connectivity index (χ1) is 5.08. The van der Waals surface area contributed by atoms with Gasteiger partial charge < -0.3 is 9.94 Å². The second-order valence-corrected chi connectivity index (χ2v) is 2.88. The molecule has 0 spiro atoms. The number of hydrogen-bond acceptors (Lipinski definition) is 4. The summed E-state index contributed by atoms with van der Waals surface area (Å²) in [6, 6.07) is 1.80. The molecule has 0 heterocycles. The predicted octanol–water partition coefficient (Wildman–Crippen LogP) is 1.01. The van der Waals surface area contributed by atoms with Gasteiger partial charge >= 0.3 is 0 Å². The van der Waals surface area contributed by atoms with Gasteiger partial charge in [0.05, 0.1) is 6.61 Å². The molecule has 4 nitrogen and oxygen atoms in total. The molecule has 0 radical (unpaired) electrons. The van der Waals surface area contributed by atoms with Crippen molar-refractivity contribution in [3.63, 3.8) is 0 Å². The van der Waals surface area contributed by atoms with Crippen LogP contribution in [0.5, 0.6) is 0 Å². The molecule has 0 saturated heterocycles. The summed E-state index contributed by atoms with van der Waals surface area (Å²) in [6.07, 6.45) is 0. The SMILES string of the molecule is COCC(C)(C)/C(C#N)=N\O. The van der Waals surface area contributed by atoms with Crippen molar-refractivity contribution in [3.8, 4) is 6.07 Å². The van der Waals surface area contributed by atoms with Crippen LogP contribution in [-0.4, -0.2) is 24.6 Å². The van der Waals surface area contributed by atoms with Crippen LogP contribution >= 0.6 is 0 Å². The minimum absolute atomic E-state index is 0.0827. The summed E-state index contributed by atoms with van der Waals surface area (Å²) in [7, 11) is 1.54. The van der Waals surface area contributed by atoms with Crippen LogP contribution in [0.4, 0.5) is 0 Å². The van der Waals surface area contributed by atoms with Crippen LogP contribution in [0.25, 0.3) is 0 Å². The molecule has 0 atom stereocenters. The molecule has 0 aliphatic heterocycles. The molecule has 0 aromatic rings. The number of oxime groups is 1. The third-order valence-corrected chi connectivity index (χ3v) is 1.35. The van der Waals surface area contributed by atoms with E-state index < -0.39 is 5.41 Å². The van der Waals surface area contributed by atoms with Gasteiger partial charge in [0.25, 0.3) is 0 Å². The Bertz CT molecular complexity index is 191. The van der Waals surface area contributed by atoms with E-state index in [0.717, 1.165) is 0 Å². The molecule has 0 aromatic heterocycles. The van der Waals surface area contributed by atoms with Crippen LogP contribution in [0.3, 0.4) is 0 Å². The van der Waals surface area contributed by atoms with E-state index in [1.54, 1.807) is 19.9 Å². The van der Waals surface area contributed by atoms with Gasteiger partial charge in [0.15, 0.2) is 5.71 Å². The van der Waals surface area contributed by atoms with E-state index in [4.69, 9.17) is 15.2 Å². The molecular weight excluding hydrogens is 144 g/mol. The van der Waals surface area contributed by atoms with Gasteiger partial charge in [0, 0.05) is 12.5 Å². The van der Waals surface area contributed by atoms with Crippen molar-refractivity contribution in [2.45, 2.75) is 13.8 Å². The van der Waals surface area contributed by atoms with Gasteiger partial charge in [0.1, 0.15) is 6.07 Å². The van der Waals surface area contributed by atoms with E-state index in [1.165, 1.54) is 7.11 Å². The van der Waals surface area contributed by atoms with Crippen molar-refractivity contribution in [1.82, 2.24) is 0 Å². The van der Waals surface area contributed by atoms with Crippen molar-refractivity contribution in [3.05, 3.63) is 0 Å². The van der Waals surface area contributed by atoms with E-state index in [-0.39, 0.29) is 5.71 Å². The first-order valence-electron chi connectivity index (χ1n) is 3.20. The number of nitriles is 1. The molecule has 0 aliphatic carbocycles. The highest BCUT2D eigenvalue weighted by atomic mass is 16.5. The Balaban J connectivity index is 4.42. The van der Waals surface area contributed by atoms with Gasteiger partial charge in [-0.15, -0.1) is 0 Å². The van der Waals surface area contributed by atoms with Crippen LogP contribution in [0.1, 0.15) is 13.8 Å². The van der Waals surface area contributed by atoms with Gasteiger partial charge in [-0.2, -0.15) is 5.26 Å². The molecule has 0 unspecified atom stereocenters. The minimum Gasteiger partial charge on any atom is -0.410 e. The van der Waals surface area contributed by atoms with E-state index >= 15 is 0 Å². The van der Waals surface area contributed by atoms with Crippen LogP contribution in [0.15, 0.2) is 5.16 Å². The number of hydrogen-bond donors (Lipinski definition) is 1. The highest BCUT2D eigenvalue weighted by Gasteiger charge is 2.25. The second-order valence-electron chi connectivity index (χ2n) is 2.88. The smallest absolute Gasteiger partial charge is 0.164 e. The fourth-order valence-corrected chi connectivity index (χ4v) is 0.738.